The SMILES string of the molecule is CCN1CC(CC(=O)OC)CC(NCC(C)C)C1. The Morgan fingerprint density at radius 3 is 2.72 bits per heavy atom. The van der Waals surface area contributed by atoms with Crippen molar-refractivity contribution in [3.63, 3.8) is 0 Å². The molecule has 1 aliphatic rings. The lowest BCUT2D eigenvalue weighted by molar-refractivity contribution is -0.142. The van der Waals surface area contributed by atoms with E-state index in [4.69, 9.17) is 4.74 Å². The number of nitrogens with one attached hydrogen (secondary N) is 1. The van der Waals surface area contributed by atoms with E-state index in [0.29, 0.717) is 24.3 Å². The minimum Gasteiger partial charge on any atom is -0.469 e. The molecule has 1 rings (SSSR count). The summed E-state index contributed by atoms with van der Waals surface area (Å²) in [6, 6.07) is 0.510. The first kappa shape index (κ1) is 15.4. The highest BCUT2D eigenvalue weighted by atomic mass is 16.5. The van der Waals surface area contributed by atoms with Crippen LogP contribution in [0, 0.1) is 11.8 Å². The summed E-state index contributed by atoms with van der Waals surface area (Å²) in [5, 5.41) is 3.61. The van der Waals surface area contributed by atoms with Crippen molar-refractivity contribution in [2.24, 2.45) is 11.8 Å². The third-order valence-electron chi connectivity index (χ3n) is 3.56. The maximum absolute atomic E-state index is 11.4. The van der Waals surface area contributed by atoms with E-state index in [0.717, 1.165) is 32.6 Å². The molecule has 0 amide bonds. The Hall–Kier alpha value is -0.610. The first-order chi connectivity index (χ1) is 8.55. The number of esters is 1. The molecule has 2 atom stereocenters. The summed E-state index contributed by atoms with van der Waals surface area (Å²) in [5.41, 5.74) is 0. The number of nitrogens with zero attached hydrogens (tertiary/aromatic N) is 1. The molecule has 1 aliphatic heterocycles. The second-order valence-corrected chi connectivity index (χ2v) is 5.73. The van der Waals surface area contributed by atoms with Gasteiger partial charge in [0.2, 0.25) is 0 Å². The number of ether oxygens (including phenoxy) is 1. The van der Waals surface area contributed by atoms with Gasteiger partial charge in [0.1, 0.15) is 0 Å². The van der Waals surface area contributed by atoms with E-state index in [-0.39, 0.29) is 5.97 Å². The van der Waals surface area contributed by atoms with Crippen molar-refractivity contribution in [3.05, 3.63) is 0 Å². The average Bonchev–Trinajstić information content (AvgIpc) is 2.35. The molecule has 0 spiro atoms. The lowest BCUT2D eigenvalue weighted by Crippen LogP contribution is -2.50. The zero-order chi connectivity index (χ0) is 13.5. The zero-order valence-electron chi connectivity index (χ0n) is 12.2. The molecular weight excluding hydrogens is 228 g/mol. The van der Waals surface area contributed by atoms with Gasteiger partial charge in [0.05, 0.1) is 7.11 Å². The topological polar surface area (TPSA) is 41.6 Å². The minimum absolute atomic E-state index is 0.0828. The second kappa shape index (κ2) is 7.74. The maximum Gasteiger partial charge on any atom is 0.305 e. The summed E-state index contributed by atoms with van der Waals surface area (Å²) in [6.07, 6.45) is 1.63. The largest absolute Gasteiger partial charge is 0.469 e. The van der Waals surface area contributed by atoms with Crippen molar-refractivity contribution >= 4 is 5.97 Å². The number of rotatable bonds is 6. The van der Waals surface area contributed by atoms with Gasteiger partial charge in [-0.25, -0.2) is 0 Å². The van der Waals surface area contributed by atoms with E-state index < -0.39 is 0 Å². The molecule has 1 fully saturated rings. The molecule has 4 heteroatoms. The normalized spacial score (nSPS) is 25.4. The first-order valence-corrected chi connectivity index (χ1v) is 7.07. The van der Waals surface area contributed by atoms with Crippen LogP contribution in [0.3, 0.4) is 0 Å². The van der Waals surface area contributed by atoms with Crippen molar-refractivity contribution in [2.75, 3.05) is 33.3 Å². The summed E-state index contributed by atoms with van der Waals surface area (Å²) < 4.78 is 4.78. The van der Waals surface area contributed by atoms with Gasteiger partial charge < -0.3 is 15.0 Å². The van der Waals surface area contributed by atoms with E-state index in [1.54, 1.807) is 0 Å². The highest BCUT2D eigenvalue weighted by Crippen LogP contribution is 2.20. The molecule has 0 aliphatic carbocycles. The number of carbonyl (C=O) groups excluding carboxylic acids is 1. The first-order valence-electron chi connectivity index (χ1n) is 7.07. The molecule has 0 aromatic rings. The number of hydrogen-bond donors (Lipinski definition) is 1. The molecule has 0 bridgehead atoms. The van der Waals surface area contributed by atoms with Crippen LogP contribution in [0.25, 0.3) is 0 Å². The van der Waals surface area contributed by atoms with Gasteiger partial charge in [0, 0.05) is 25.6 Å². The van der Waals surface area contributed by atoms with Crippen molar-refractivity contribution in [1.29, 1.82) is 0 Å². The molecule has 0 aromatic heterocycles. The fourth-order valence-electron chi connectivity index (χ4n) is 2.58. The van der Waals surface area contributed by atoms with Crippen LogP contribution in [0.4, 0.5) is 0 Å². The van der Waals surface area contributed by atoms with Crippen molar-refractivity contribution in [3.8, 4) is 0 Å². The monoisotopic (exact) mass is 256 g/mol. The molecule has 0 radical (unpaired) electrons. The molecule has 106 valence electrons. The lowest BCUT2D eigenvalue weighted by atomic mass is 9.91. The van der Waals surface area contributed by atoms with Gasteiger partial charge in [-0.3, -0.25) is 4.79 Å². The molecule has 4 nitrogen and oxygen atoms in total. The molecule has 1 saturated heterocycles. The van der Waals surface area contributed by atoms with Gasteiger partial charge >= 0.3 is 5.97 Å². The molecule has 0 saturated carbocycles. The number of carbonyl (C=O) groups is 1. The predicted octanol–water partition coefficient (Wildman–Crippen LogP) is 1.51. The highest BCUT2D eigenvalue weighted by molar-refractivity contribution is 5.69. The highest BCUT2D eigenvalue weighted by Gasteiger charge is 2.27. The Balaban J connectivity index is 2.46. The van der Waals surface area contributed by atoms with Gasteiger partial charge in [-0.1, -0.05) is 20.8 Å². The van der Waals surface area contributed by atoms with Gasteiger partial charge in [-0.05, 0) is 31.3 Å². The number of likely N-dealkylation sites (tertiary alicyclic amines) is 1. The summed E-state index contributed by atoms with van der Waals surface area (Å²) in [7, 11) is 1.47. The van der Waals surface area contributed by atoms with Gasteiger partial charge in [0.15, 0.2) is 0 Å². The van der Waals surface area contributed by atoms with Gasteiger partial charge in [-0.15, -0.1) is 0 Å². The maximum atomic E-state index is 11.4. The minimum atomic E-state index is -0.0828. The van der Waals surface area contributed by atoms with Crippen LogP contribution in [0.5, 0.6) is 0 Å². The van der Waals surface area contributed by atoms with Crippen LogP contribution < -0.4 is 5.32 Å². The summed E-state index contributed by atoms with van der Waals surface area (Å²) in [4.78, 5) is 13.8. The van der Waals surface area contributed by atoms with Crippen molar-refractivity contribution in [2.45, 2.75) is 39.7 Å². The number of likely N-dealkylation sites (N-methyl/N-ethyl adjacent to an activating group) is 1. The van der Waals surface area contributed by atoms with Crippen LogP contribution in [-0.2, 0) is 9.53 Å². The van der Waals surface area contributed by atoms with Crippen LogP contribution in [0.2, 0.25) is 0 Å². The molecule has 2 unspecified atom stereocenters. The molecular formula is C14H28N2O2. The predicted molar refractivity (Wildman–Crippen MR) is 73.5 cm³/mol. The number of methoxy groups -OCH3 is 1. The fourth-order valence-corrected chi connectivity index (χ4v) is 2.58. The lowest BCUT2D eigenvalue weighted by Gasteiger charge is -2.37. The summed E-state index contributed by atoms with van der Waals surface area (Å²) in [6.45, 7) is 10.8. The number of hydrogen-bond acceptors (Lipinski definition) is 4. The molecule has 1 heterocycles. The Bertz CT molecular complexity index is 256. The Morgan fingerprint density at radius 2 is 2.17 bits per heavy atom. The Labute approximate surface area is 111 Å². The van der Waals surface area contributed by atoms with Crippen LogP contribution in [0.15, 0.2) is 0 Å². The van der Waals surface area contributed by atoms with E-state index in [2.05, 4.69) is 31.0 Å². The zero-order valence-corrected chi connectivity index (χ0v) is 12.2. The number of piperidine rings is 1. The van der Waals surface area contributed by atoms with E-state index >= 15 is 0 Å². The molecule has 0 aromatic carbocycles. The summed E-state index contributed by atoms with van der Waals surface area (Å²) in [5.74, 6) is 1.01. The Morgan fingerprint density at radius 1 is 1.44 bits per heavy atom. The second-order valence-electron chi connectivity index (χ2n) is 5.73. The van der Waals surface area contributed by atoms with Gasteiger partial charge in [0.25, 0.3) is 0 Å². The van der Waals surface area contributed by atoms with E-state index in [1.807, 2.05) is 0 Å². The average molecular weight is 256 g/mol. The van der Waals surface area contributed by atoms with Crippen molar-refractivity contribution < 1.29 is 9.53 Å². The van der Waals surface area contributed by atoms with Crippen LogP contribution in [0.1, 0.15) is 33.6 Å². The molecule has 18 heavy (non-hydrogen) atoms. The third kappa shape index (κ3) is 5.36. The van der Waals surface area contributed by atoms with E-state index in [9.17, 15) is 4.79 Å². The van der Waals surface area contributed by atoms with E-state index in [1.165, 1.54) is 7.11 Å². The Kier molecular flexibility index (Phi) is 6.65. The fraction of sp³-hybridized carbons (Fsp3) is 0.929. The van der Waals surface area contributed by atoms with Crippen LogP contribution in [-0.4, -0.2) is 50.2 Å². The quantitative estimate of drug-likeness (QED) is 0.731. The third-order valence-corrected chi connectivity index (χ3v) is 3.56. The summed E-state index contributed by atoms with van der Waals surface area (Å²) >= 11 is 0. The smallest absolute Gasteiger partial charge is 0.305 e. The molecule has 1 N–H and O–H groups in total. The van der Waals surface area contributed by atoms with Crippen LogP contribution >= 0.6 is 0 Å². The van der Waals surface area contributed by atoms with Gasteiger partial charge in [-0.2, -0.15) is 0 Å². The van der Waals surface area contributed by atoms with Crippen molar-refractivity contribution in [1.82, 2.24) is 10.2 Å². The standard InChI is InChI=1S/C14H28N2O2/c1-5-16-9-12(7-14(17)18-4)6-13(10-16)15-8-11(2)3/h11-13,15H,5-10H2,1-4H3.